The van der Waals surface area contributed by atoms with E-state index < -0.39 is 0 Å². The lowest BCUT2D eigenvalue weighted by atomic mass is 10.2. The predicted molar refractivity (Wildman–Crippen MR) is 78.2 cm³/mol. The Labute approximate surface area is 111 Å². The van der Waals surface area contributed by atoms with Gasteiger partial charge in [0.15, 0.2) is 0 Å². The van der Waals surface area contributed by atoms with Crippen molar-refractivity contribution in [1.82, 2.24) is 9.97 Å². The molecule has 4 heteroatoms. The van der Waals surface area contributed by atoms with E-state index in [2.05, 4.69) is 47.9 Å². The number of rotatable bonds is 8. The topological polar surface area (TPSA) is 41.1 Å². The summed E-state index contributed by atoms with van der Waals surface area (Å²) < 4.78 is 0. The Bertz CT molecular complexity index is 332. The van der Waals surface area contributed by atoms with Crippen LogP contribution in [0.3, 0.4) is 0 Å². The Hall–Kier alpha value is -1.32. The molecule has 18 heavy (non-hydrogen) atoms. The number of nitrogens with zero attached hydrogens (tertiary/aromatic N) is 3. The van der Waals surface area contributed by atoms with E-state index in [4.69, 9.17) is 0 Å². The fourth-order valence-corrected chi connectivity index (χ4v) is 1.79. The zero-order chi connectivity index (χ0) is 13.4. The van der Waals surface area contributed by atoms with E-state index in [1.54, 1.807) is 0 Å². The van der Waals surface area contributed by atoms with Crippen LogP contribution in [0, 0.1) is 5.92 Å². The molecule has 0 saturated carbocycles. The predicted octanol–water partition coefficient (Wildman–Crippen LogP) is 3.17. The first-order chi connectivity index (χ1) is 8.67. The maximum Gasteiger partial charge on any atom is 0.224 e. The Morgan fingerprint density at radius 3 is 2.44 bits per heavy atom. The summed E-state index contributed by atoms with van der Waals surface area (Å²) in [6.07, 6.45) is 4.11. The van der Waals surface area contributed by atoms with Crippen LogP contribution in [0.15, 0.2) is 12.3 Å². The first-order valence-electron chi connectivity index (χ1n) is 6.99. The molecule has 0 amide bonds. The fraction of sp³-hybridized carbons (Fsp3) is 0.714. The number of nitrogens with one attached hydrogen (secondary N) is 1. The molecule has 0 spiro atoms. The van der Waals surface area contributed by atoms with Gasteiger partial charge in [-0.25, -0.2) is 4.98 Å². The SMILES string of the molecule is CCCN(CCC)c1ccnc(NCC(C)C)n1. The highest BCUT2D eigenvalue weighted by molar-refractivity contribution is 5.42. The first-order valence-corrected chi connectivity index (χ1v) is 6.99. The van der Waals surface area contributed by atoms with Gasteiger partial charge in [0, 0.05) is 25.8 Å². The minimum absolute atomic E-state index is 0.597. The van der Waals surface area contributed by atoms with Crippen LogP contribution in [0.5, 0.6) is 0 Å². The molecule has 1 aromatic rings. The summed E-state index contributed by atoms with van der Waals surface area (Å²) in [5, 5.41) is 3.27. The van der Waals surface area contributed by atoms with Gasteiger partial charge < -0.3 is 10.2 Å². The van der Waals surface area contributed by atoms with Crippen molar-refractivity contribution in [3.8, 4) is 0 Å². The molecule has 0 unspecified atom stereocenters. The van der Waals surface area contributed by atoms with Gasteiger partial charge in [-0.05, 0) is 24.8 Å². The summed E-state index contributed by atoms with van der Waals surface area (Å²) in [7, 11) is 0. The van der Waals surface area contributed by atoms with Crippen molar-refractivity contribution >= 4 is 11.8 Å². The van der Waals surface area contributed by atoms with Crippen molar-refractivity contribution < 1.29 is 0 Å². The van der Waals surface area contributed by atoms with E-state index in [9.17, 15) is 0 Å². The summed E-state index contributed by atoms with van der Waals surface area (Å²) in [6.45, 7) is 11.8. The maximum atomic E-state index is 4.59. The highest BCUT2D eigenvalue weighted by Gasteiger charge is 2.07. The van der Waals surface area contributed by atoms with Gasteiger partial charge in [0.2, 0.25) is 5.95 Å². The first kappa shape index (κ1) is 14.7. The molecule has 0 fully saturated rings. The number of aromatic nitrogens is 2. The van der Waals surface area contributed by atoms with Gasteiger partial charge in [-0.1, -0.05) is 27.7 Å². The highest BCUT2D eigenvalue weighted by atomic mass is 15.2. The van der Waals surface area contributed by atoms with E-state index in [-0.39, 0.29) is 0 Å². The van der Waals surface area contributed by atoms with E-state index >= 15 is 0 Å². The normalized spacial score (nSPS) is 10.7. The molecule has 102 valence electrons. The lowest BCUT2D eigenvalue weighted by Crippen LogP contribution is -2.26. The summed E-state index contributed by atoms with van der Waals surface area (Å²) in [4.78, 5) is 11.2. The van der Waals surface area contributed by atoms with Crippen molar-refractivity contribution in [2.24, 2.45) is 5.92 Å². The van der Waals surface area contributed by atoms with Gasteiger partial charge in [-0.15, -0.1) is 0 Å². The number of anilines is 2. The number of hydrogen-bond donors (Lipinski definition) is 1. The Morgan fingerprint density at radius 2 is 1.89 bits per heavy atom. The van der Waals surface area contributed by atoms with Gasteiger partial charge >= 0.3 is 0 Å². The lowest BCUT2D eigenvalue weighted by Gasteiger charge is -2.22. The molecular formula is C14H26N4. The van der Waals surface area contributed by atoms with Crippen LogP contribution in [-0.4, -0.2) is 29.6 Å². The Balaban J connectivity index is 2.71. The molecule has 0 bridgehead atoms. The summed E-state index contributed by atoms with van der Waals surface area (Å²) in [5.41, 5.74) is 0. The summed E-state index contributed by atoms with van der Waals surface area (Å²) in [5.74, 6) is 2.36. The molecule has 0 aliphatic carbocycles. The molecular weight excluding hydrogens is 224 g/mol. The van der Waals surface area contributed by atoms with Gasteiger partial charge in [0.1, 0.15) is 5.82 Å². The second-order valence-corrected chi connectivity index (χ2v) is 5.00. The summed E-state index contributed by atoms with van der Waals surface area (Å²) in [6, 6.07) is 1.99. The third-order valence-electron chi connectivity index (χ3n) is 2.62. The lowest BCUT2D eigenvalue weighted by molar-refractivity contribution is 0.683. The molecule has 0 atom stereocenters. The molecule has 0 aliphatic rings. The van der Waals surface area contributed by atoms with Crippen molar-refractivity contribution in [3.05, 3.63) is 12.3 Å². The van der Waals surface area contributed by atoms with E-state index in [1.807, 2.05) is 12.3 Å². The highest BCUT2D eigenvalue weighted by Crippen LogP contribution is 2.13. The Kier molecular flexibility index (Phi) is 6.47. The van der Waals surface area contributed by atoms with Gasteiger partial charge in [0.25, 0.3) is 0 Å². The molecule has 0 radical (unpaired) electrons. The molecule has 0 saturated heterocycles. The smallest absolute Gasteiger partial charge is 0.224 e. The van der Waals surface area contributed by atoms with Gasteiger partial charge in [-0.2, -0.15) is 4.98 Å². The van der Waals surface area contributed by atoms with Crippen LogP contribution in [0.25, 0.3) is 0 Å². The molecule has 1 aromatic heterocycles. The average molecular weight is 250 g/mol. The molecule has 0 aliphatic heterocycles. The average Bonchev–Trinajstić information content (AvgIpc) is 2.36. The minimum Gasteiger partial charge on any atom is -0.356 e. The molecule has 0 aromatic carbocycles. The molecule has 4 nitrogen and oxygen atoms in total. The van der Waals surface area contributed by atoms with E-state index in [1.165, 1.54) is 0 Å². The molecule has 1 heterocycles. The maximum absolute atomic E-state index is 4.59. The van der Waals surface area contributed by atoms with Crippen LogP contribution < -0.4 is 10.2 Å². The second kappa shape index (κ2) is 7.90. The van der Waals surface area contributed by atoms with Crippen molar-refractivity contribution in [2.45, 2.75) is 40.5 Å². The Morgan fingerprint density at radius 1 is 1.22 bits per heavy atom. The van der Waals surface area contributed by atoms with Gasteiger partial charge in [0.05, 0.1) is 0 Å². The standard InChI is InChI=1S/C14H26N4/c1-5-9-18(10-6-2)13-7-8-15-14(17-13)16-11-12(3)4/h7-8,12H,5-6,9-11H2,1-4H3,(H,15,16,17). The minimum atomic E-state index is 0.597. The quantitative estimate of drug-likeness (QED) is 0.769. The molecule has 1 rings (SSSR count). The van der Waals surface area contributed by atoms with Gasteiger partial charge in [-0.3, -0.25) is 0 Å². The van der Waals surface area contributed by atoms with Crippen LogP contribution in [-0.2, 0) is 0 Å². The summed E-state index contributed by atoms with van der Waals surface area (Å²) >= 11 is 0. The van der Waals surface area contributed by atoms with Crippen LogP contribution in [0.4, 0.5) is 11.8 Å². The number of hydrogen-bond acceptors (Lipinski definition) is 4. The molecule has 1 N–H and O–H groups in total. The van der Waals surface area contributed by atoms with Crippen LogP contribution in [0.2, 0.25) is 0 Å². The zero-order valence-corrected chi connectivity index (χ0v) is 12.1. The van der Waals surface area contributed by atoms with E-state index in [0.29, 0.717) is 5.92 Å². The third kappa shape index (κ3) is 4.90. The van der Waals surface area contributed by atoms with Crippen LogP contribution >= 0.6 is 0 Å². The van der Waals surface area contributed by atoms with Crippen LogP contribution in [0.1, 0.15) is 40.5 Å². The fourth-order valence-electron chi connectivity index (χ4n) is 1.79. The van der Waals surface area contributed by atoms with Crippen molar-refractivity contribution in [3.63, 3.8) is 0 Å². The van der Waals surface area contributed by atoms with E-state index in [0.717, 1.165) is 44.2 Å². The van der Waals surface area contributed by atoms with Crippen molar-refractivity contribution in [2.75, 3.05) is 29.9 Å². The second-order valence-electron chi connectivity index (χ2n) is 5.00. The monoisotopic (exact) mass is 250 g/mol. The van der Waals surface area contributed by atoms with Crippen molar-refractivity contribution in [1.29, 1.82) is 0 Å². The third-order valence-corrected chi connectivity index (χ3v) is 2.62. The zero-order valence-electron chi connectivity index (χ0n) is 12.1. The largest absolute Gasteiger partial charge is 0.356 e.